The third-order valence-corrected chi connectivity index (χ3v) is 3.98. The SMILES string of the molecule is O=C(CSc1nc[nH][n+]1-c1ccccc1)Nc1ccc(F)cc1. The lowest BCUT2D eigenvalue weighted by molar-refractivity contribution is -0.694. The van der Waals surface area contributed by atoms with Crippen LogP contribution >= 0.6 is 11.8 Å². The maximum atomic E-state index is 12.8. The molecule has 0 aliphatic rings. The summed E-state index contributed by atoms with van der Waals surface area (Å²) in [6.45, 7) is 0. The third-order valence-electron chi connectivity index (χ3n) is 3.03. The molecule has 3 rings (SSSR count). The van der Waals surface area contributed by atoms with Gasteiger partial charge in [-0.05, 0) is 53.1 Å². The quantitative estimate of drug-likeness (QED) is 0.559. The molecule has 7 heteroatoms. The number of hydrogen-bond acceptors (Lipinski definition) is 3. The molecule has 2 aromatic carbocycles. The van der Waals surface area contributed by atoms with Crippen LogP contribution in [-0.4, -0.2) is 21.7 Å². The second-order valence-corrected chi connectivity index (χ2v) is 5.63. The Bertz CT molecular complexity index is 789. The molecule has 0 bridgehead atoms. The molecular weight excluding hydrogens is 315 g/mol. The Hall–Kier alpha value is -2.67. The molecule has 0 radical (unpaired) electrons. The van der Waals surface area contributed by atoms with E-state index in [0.717, 1.165) is 5.69 Å². The zero-order chi connectivity index (χ0) is 16.1. The number of nitrogens with zero attached hydrogens (tertiary/aromatic N) is 2. The number of aromatic amines is 1. The summed E-state index contributed by atoms with van der Waals surface area (Å²) in [6, 6.07) is 15.3. The Kier molecular flexibility index (Phi) is 4.68. The molecule has 0 unspecified atom stereocenters. The fraction of sp³-hybridized carbons (Fsp3) is 0.0625. The van der Waals surface area contributed by atoms with E-state index in [-0.39, 0.29) is 17.5 Å². The fourth-order valence-corrected chi connectivity index (χ4v) is 2.73. The number of rotatable bonds is 5. The van der Waals surface area contributed by atoms with Crippen LogP contribution in [0.1, 0.15) is 0 Å². The van der Waals surface area contributed by atoms with Crippen molar-refractivity contribution in [2.75, 3.05) is 11.1 Å². The molecule has 23 heavy (non-hydrogen) atoms. The monoisotopic (exact) mass is 329 g/mol. The van der Waals surface area contributed by atoms with E-state index >= 15 is 0 Å². The average Bonchev–Trinajstić information content (AvgIpc) is 3.04. The molecule has 1 heterocycles. The van der Waals surface area contributed by atoms with E-state index < -0.39 is 0 Å². The van der Waals surface area contributed by atoms with Gasteiger partial charge in [0.1, 0.15) is 5.82 Å². The minimum Gasteiger partial charge on any atom is -0.325 e. The molecule has 1 amide bonds. The molecule has 0 saturated heterocycles. The number of amides is 1. The van der Waals surface area contributed by atoms with Gasteiger partial charge < -0.3 is 5.32 Å². The van der Waals surface area contributed by atoms with Gasteiger partial charge >= 0.3 is 5.16 Å². The van der Waals surface area contributed by atoms with E-state index in [4.69, 9.17) is 0 Å². The minimum atomic E-state index is -0.335. The molecule has 0 atom stereocenters. The Morgan fingerprint density at radius 2 is 1.91 bits per heavy atom. The number of H-pyrrole nitrogens is 1. The number of para-hydroxylation sites is 1. The van der Waals surface area contributed by atoms with E-state index in [2.05, 4.69) is 15.4 Å². The van der Waals surface area contributed by atoms with Crippen LogP contribution in [-0.2, 0) is 4.79 Å². The summed E-state index contributed by atoms with van der Waals surface area (Å²) in [5, 5.41) is 6.42. The van der Waals surface area contributed by atoms with Crippen molar-refractivity contribution < 1.29 is 13.9 Å². The molecule has 0 aliphatic carbocycles. The van der Waals surface area contributed by atoms with Crippen LogP contribution in [0.4, 0.5) is 10.1 Å². The van der Waals surface area contributed by atoms with Gasteiger partial charge in [-0.15, -0.1) is 4.68 Å². The molecule has 2 N–H and O–H groups in total. The van der Waals surface area contributed by atoms with Crippen LogP contribution < -0.4 is 10.00 Å². The highest BCUT2D eigenvalue weighted by molar-refractivity contribution is 7.99. The first-order valence-electron chi connectivity index (χ1n) is 6.91. The summed E-state index contributed by atoms with van der Waals surface area (Å²) >= 11 is 1.31. The van der Waals surface area contributed by atoms with Gasteiger partial charge in [0, 0.05) is 5.69 Å². The number of benzene rings is 2. The zero-order valence-corrected chi connectivity index (χ0v) is 12.9. The number of aromatic nitrogens is 3. The Morgan fingerprint density at radius 1 is 1.17 bits per heavy atom. The van der Waals surface area contributed by atoms with Crippen molar-refractivity contribution >= 4 is 23.4 Å². The smallest absolute Gasteiger partial charge is 0.325 e. The van der Waals surface area contributed by atoms with Gasteiger partial charge in [0.15, 0.2) is 5.69 Å². The largest absolute Gasteiger partial charge is 0.385 e. The Labute approximate surface area is 136 Å². The summed E-state index contributed by atoms with van der Waals surface area (Å²) in [6.07, 6.45) is 1.58. The normalized spacial score (nSPS) is 10.5. The highest BCUT2D eigenvalue weighted by Gasteiger charge is 2.18. The predicted octanol–water partition coefficient (Wildman–Crippen LogP) is 2.56. The summed E-state index contributed by atoms with van der Waals surface area (Å²) < 4.78 is 14.6. The first kappa shape index (κ1) is 15.2. The third kappa shape index (κ3) is 3.95. The highest BCUT2D eigenvalue weighted by Crippen LogP contribution is 2.14. The number of anilines is 1. The lowest BCUT2D eigenvalue weighted by Crippen LogP contribution is -2.35. The minimum absolute atomic E-state index is 0.177. The average molecular weight is 329 g/mol. The van der Waals surface area contributed by atoms with Gasteiger partial charge in [-0.25, -0.2) is 4.39 Å². The number of carbonyl (C=O) groups excluding carboxylic acids is 1. The van der Waals surface area contributed by atoms with E-state index in [1.807, 2.05) is 30.3 Å². The first-order chi connectivity index (χ1) is 11.2. The van der Waals surface area contributed by atoms with Crippen molar-refractivity contribution in [3.63, 3.8) is 0 Å². The fourth-order valence-electron chi connectivity index (χ4n) is 1.98. The van der Waals surface area contributed by atoms with Crippen LogP contribution in [0, 0.1) is 5.82 Å². The number of nitrogens with one attached hydrogen (secondary N) is 2. The van der Waals surface area contributed by atoms with Gasteiger partial charge in [0.25, 0.3) is 0 Å². The van der Waals surface area contributed by atoms with Crippen molar-refractivity contribution in [3.8, 4) is 5.69 Å². The number of hydrogen-bond donors (Lipinski definition) is 2. The molecule has 0 spiro atoms. The van der Waals surface area contributed by atoms with E-state index in [0.29, 0.717) is 10.8 Å². The Morgan fingerprint density at radius 3 is 2.65 bits per heavy atom. The Balaban J connectivity index is 1.62. The summed E-state index contributed by atoms with van der Waals surface area (Å²) in [4.78, 5) is 16.2. The maximum absolute atomic E-state index is 12.8. The van der Waals surface area contributed by atoms with Crippen LogP contribution in [0.25, 0.3) is 5.69 Å². The second-order valence-electron chi connectivity index (χ2n) is 4.68. The van der Waals surface area contributed by atoms with Crippen molar-refractivity contribution in [2.24, 2.45) is 0 Å². The van der Waals surface area contributed by atoms with E-state index in [1.165, 1.54) is 36.0 Å². The van der Waals surface area contributed by atoms with Gasteiger partial charge in [-0.2, -0.15) is 5.10 Å². The zero-order valence-electron chi connectivity index (χ0n) is 12.1. The topological polar surface area (TPSA) is 61.7 Å². The highest BCUT2D eigenvalue weighted by atomic mass is 32.2. The van der Waals surface area contributed by atoms with Crippen molar-refractivity contribution in [1.82, 2.24) is 10.1 Å². The second kappa shape index (κ2) is 7.06. The first-order valence-corrected chi connectivity index (χ1v) is 7.90. The van der Waals surface area contributed by atoms with Gasteiger partial charge in [0.05, 0.1) is 5.75 Å². The molecule has 0 fully saturated rings. The van der Waals surface area contributed by atoms with Crippen LogP contribution in [0.2, 0.25) is 0 Å². The molecule has 3 aromatic rings. The molecule has 0 aliphatic heterocycles. The lowest BCUT2D eigenvalue weighted by atomic mass is 10.3. The molecular formula is C16H14FN4OS+. The predicted molar refractivity (Wildman–Crippen MR) is 85.9 cm³/mol. The lowest BCUT2D eigenvalue weighted by Gasteiger charge is -2.03. The van der Waals surface area contributed by atoms with Crippen LogP contribution in [0.3, 0.4) is 0 Å². The number of carbonyl (C=O) groups is 1. The summed E-state index contributed by atoms with van der Waals surface area (Å²) in [7, 11) is 0. The maximum Gasteiger partial charge on any atom is 0.385 e. The van der Waals surface area contributed by atoms with Crippen molar-refractivity contribution in [1.29, 1.82) is 0 Å². The van der Waals surface area contributed by atoms with E-state index in [1.54, 1.807) is 11.0 Å². The molecule has 116 valence electrons. The van der Waals surface area contributed by atoms with Gasteiger partial charge in [0.2, 0.25) is 12.2 Å². The number of thioether (sulfide) groups is 1. The summed E-state index contributed by atoms with van der Waals surface area (Å²) in [5.74, 6) is -0.309. The van der Waals surface area contributed by atoms with Crippen molar-refractivity contribution in [3.05, 3.63) is 66.7 Å². The molecule has 1 aromatic heterocycles. The summed E-state index contributed by atoms with van der Waals surface area (Å²) in [5.41, 5.74) is 1.50. The number of halogens is 1. The van der Waals surface area contributed by atoms with Crippen LogP contribution in [0.5, 0.6) is 0 Å². The standard InChI is InChI=1S/C16H13FN4OS/c17-12-6-8-13(9-7-12)20-15(22)10-23-16-18-11-19-21(16)14-4-2-1-3-5-14/h1-9,11H,10H2,(H,20,22)/p+1. The molecule has 0 saturated carbocycles. The molecule has 5 nitrogen and oxygen atoms in total. The van der Waals surface area contributed by atoms with Gasteiger partial charge in [-0.1, -0.05) is 18.2 Å². The van der Waals surface area contributed by atoms with Crippen molar-refractivity contribution in [2.45, 2.75) is 5.16 Å². The van der Waals surface area contributed by atoms with Gasteiger partial charge in [-0.3, -0.25) is 4.79 Å². The van der Waals surface area contributed by atoms with E-state index in [9.17, 15) is 9.18 Å². The van der Waals surface area contributed by atoms with Crippen LogP contribution in [0.15, 0.2) is 66.1 Å².